The fourth-order valence-corrected chi connectivity index (χ4v) is 2.92. The lowest BCUT2D eigenvalue weighted by Gasteiger charge is -2.32. The molecule has 0 atom stereocenters. The molecule has 0 bridgehead atoms. The van der Waals surface area contributed by atoms with Gasteiger partial charge in [-0.25, -0.2) is 9.78 Å². The lowest BCUT2D eigenvalue weighted by atomic mass is 10.1. The highest BCUT2D eigenvalue weighted by atomic mass is 16.5. The van der Waals surface area contributed by atoms with Crippen molar-refractivity contribution in [3.8, 4) is 23.4 Å². The van der Waals surface area contributed by atoms with E-state index in [0.717, 1.165) is 0 Å². The predicted molar refractivity (Wildman–Crippen MR) is 102 cm³/mol. The van der Waals surface area contributed by atoms with Gasteiger partial charge < -0.3 is 29.2 Å². The van der Waals surface area contributed by atoms with Gasteiger partial charge in [0, 0.05) is 62.1 Å². The van der Waals surface area contributed by atoms with Crippen molar-refractivity contribution in [2.45, 2.75) is 18.9 Å². The number of amides is 2. The number of carbonyl (C=O) groups excluding carboxylic acids is 1. The fourth-order valence-electron chi connectivity index (χ4n) is 2.92. The molecule has 1 N–H and O–H groups in total. The molecule has 0 unspecified atom stereocenters. The Morgan fingerprint density at radius 2 is 1.75 bits per heavy atom. The van der Waals surface area contributed by atoms with Crippen LogP contribution in [0.4, 0.5) is 10.5 Å². The molecule has 0 aliphatic carbocycles. The molecule has 2 amide bonds. The molecule has 1 aliphatic rings. The molecular weight excluding hydrogens is 364 g/mol. The van der Waals surface area contributed by atoms with E-state index in [4.69, 9.17) is 18.9 Å². The Morgan fingerprint density at radius 1 is 1.07 bits per heavy atom. The summed E-state index contributed by atoms with van der Waals surface area (Å²) >= 11 is 0. The van der Waals surface area contributed by atoms with Crippen LogP contribution in [0.25, 0.3) is 0 Å². The van der Waals surface area contributed by atoms with Gasteiger partial charge in [0.2, 0.25) is 5.88 Å². The second-order valence-electron chi connectivity index (χ2n) is 6.22. The van der Waals surface area contributed by atoms with Gasteiger partial charge in [-0.3, -0.25) is 0 Å². The number of ether oxygens (including phenoxy) is 4. The van der Waals surface area contributed by atoms with Gasteiger partial charge in [0.15, 0.2) is 0 Å². The maximum Gasteiger partial charge on any atom is 0.321 e. The molecule has 1 fully saturated rings. The van der Waals surface area contributed by atoms with Crippen LogP contribution in [0.3, 0.4) is 0 Å². The number of benzene rings is 1. The molecule has 1 aromatic heterocycles. The van der Waals surface area contributed by atoms with Crippen molar-refractivity contribution in [1.82, 2.24) is 14.9 Å². The van der Waals surface area contributed by atoms with E-state index in [1.54, 1.807) is 49.6 Å². The lowest BCUT2D eigenvalue weighted by Crippen LogP contribution is -2.43. The average molecular weight is 388 g/mol. The molecule has 0 radical (unpaired) electrons. The van der Waals surface area contributed by atoms with E-state index in [1.807, 2.05) is 0 Å². The number of nitrogens with zero attached hydrogens (tertiary/aromatic N) is 3. The normalized spacial score (nSPS) is 14.3. The Balaban J connectivity index is 1.53. The van der Waals surface area contributed by atoms with Crippen molar-refractivity contribution in [2.24, 2.45) is 0 Å². The number of methoxy groups -OCH3 is 3. The second-order valence-corrected chi connectivity index (χ2v) is 6.22. The van der Waals surface area contributed by atoms with Crippen LogP contribution in [0.2, 0.25) is 0 Å². The number of urea groups is 1. The standard InChI is InChI=1S/C19H24N4O5/c1-25-15-10-13(11-16(12-15)26-2)21-19(24)23-8-5-14(6-9-23)28-17-4-7-20-18(22-17)27-3/h4,7,10-12,14H,5-6,8-9H2,1-3H3,(H,21,24). The summed E-state index contributed by atoms with van der Waals surface area (Å²) in [4.78, 5) is 22.4. The van der Waals surface area contributed by atoms with Crippen LogP contribution in [-0.2, 0) is 0 Å². The Hall–Kier alpha value is -3.23. The zero-order chi connectivity index (χ0) is 19.9. The number of carbonyl (C=O) groups is 1. The van der Waals surface area contributed by atoms with Crippen LogP contribution in [0.15, 0.2) is 30.5 Å². The molecule has 0 spiro atoms. The summed E-state index contributed by atoms with van der Waals surface area (Å²) in [5, 5.41) is 2.89. The van der Waals surface area contributed by atoms with Gasteiger partial charge in [-0.15, -0.1) is 0 Å². The van der Waals surface area contributed by atoms with Crippen molar-refractivity contribution < 1.29 is 23.7 Å². The number of hydrogen-bond acceptors (Lipinski definition) is 7. The summed E-state index contributed by atoms with van der Waals surface area (Å²) in [5.74, 6) is 1.70. The van der Waals surface area contributed by atoms with E-state index >= 15 is 0 Å². The molecule has 9 nitrogen and oxygen atoms in total. The number of hydrogen-bond donors (Lipinski definition) is 1. The Bertz CT molecular complexity index is 786. The van der Waals surface area contributed by atoms with Crippen molar-refractivity contribution in [3.05, 3.63) is 30.5 Å². The van der Waals surface area contributed by atoms with Crippen molar-refractivity contribution in [1.29, 1.82) is 0 Å². The first-order chi connectivity index (χ1) is 13.6. The summed E-state index contributed by atoms with van der Waals surface area (Å²) in [6.07, 6.45) is 3.00. The fraction of sp³-hybridized carbons (Fsp3) is 0.421. The molecule has 3 rings (SSSR count). The minimum Gasteiger partial charge on any atom is -0.497 e. The molecule has 0 saturated carbocycles. The predicted octanol–water partition coefficient (Wildman–Crippen LogP) is 2.58. The molecule has 150 valence electrons. The summed E-state index contributed by atoms with van der Waals surface area (Å²) in [6.45, 7) is 1.17. The highest BCUT2D eigenvalue weighted by molar-refractivity contribution is 5.89. The summed E-state index contributed by atoms with van der Waals surface area (Å²) in [5.41, 5.74) is 0.618. The molecule has 1 aromatic carbocycles. The maximum atomic E-state index is 12.6. The van der Waals surface area contributed by atoms with Crippen LogP contribution in [0.1, 0.15) is 12.8 Å². The van der Waals surface area contributed by atoms with E-state index in [-0.39, 0.29) is 18.1 Å². The van der Waals surface area contributed by atoms with E-state index in [0.29, 0.717) is 49.0 Å². The van der Waals surface area contributed by atoms with Gasteiger partial charge in [-0.1, -0.05) is 0 Å². The van der Waals surface area contributed by atoms with Crippen LogP contribution in [0, 0.1) is 0 Å². The summed E-state index contributed by atoms with van der Waals surface area (Å²) in [6, 6.07) is 7.04. The van der Waals surface area contributed by atoms with E-state index in [9.17, 15) is 4.79 Å². The quantitative estimate of drug-likeness (QED) is 0.813. The molecular formula is C19H24N4O5. The number of piperidine rings is 1. The molecule has 28 heavy (non-hydrogen) atoms. The highest BCUT2D eigenvalue weighted by Crippen LogP contribution is 2.26. The minimum atomic E-state index is -0.169. The minimum absolute atomic E-state index is 0.0134. The number of likely N-dealkylation sites (tertiary alicyclic amines) is 1. The number of aromatic nitrogens is 2. The van der Waals surface area contributed by atoms with Crippen molar-refractivity contribution in [2.75, 3.05) is 39.7 Å². The maximum absolute atomic E-state index is 12.6. The SMILES string of the molecule is COc1cc(NC(=O)N2CCC(Oc3ccnc(OC)n3)CC2)cc(OC)c1. The highest BCUT2D eigenvalue weighted by Gasteiger charge is 2.24. The van der Waals surface area contributed by atoms with Crippen LogP contribution < -0.4 is 24.3 Å². The van der Waals surface area contributed by atoms with Gasteiger partial charge in [-0.2, -0.15) is 4.98 Å². The van der Waals surface area contributed by atoms with Gasteiger partial charge in [0.05, 0.1) is 21.3 Å². The first-order valence-corrected chi connectivity index (χ1v) is 8.94. The monoisotopic (exact) mass is 388 g/mol. The van der Waals surface area contributed by atoms with E-state index < -0.39 is 0 Å². The lowest BCUT2D eigenvalue weighted by molar-refractivity contribution is 0.110. The third kappa shape index (κ3) is 4.93. The zero-order valence-corrected chi connectivity index (χ0v) is 16.2. The Kier molecular flexibility index (Phi) is 6.36. The second kappa shape index (κ2) is 9.12. The first-order valence-electron chi connectivity index (χ1n) is 8.94. The first kappa shape index (κ1) is 19.5. The third-order valence-corrected chi connectivity index (χ3v) is 4.41. The molecule has 9 heteroatoms. The van der Waals surface area contributed by atoms with Crippen molar-refractivity contribution >= 4 is 11.7 Å². The van der Waals surface area contributed by atoms with E-state index in [1.165, 1.54) is 7.11 Å². The summed E-state index contributed by atoms with van der Waals surface area (Å²) in [7, 11) is 4.64. The number of nitrogens with one attached hydrogen (secondary N) is 1. The third-order valence-electron chi connectivity index (χ3n) is 4.41. The Morgan fingerprint density at radius 3 is 2.36 bits per heavy atom. The van der Waals surface area contributed by atoms with Crippen LogP contribution >= 0.6 is 0 Å². The number of rotatable bonds is 6. The van der Waals surface area contributed by atoms with Gasteiger partial charge in [0.1, 0.15) is 17.6 Å². The Labute approximate surface area is 163 Å². The topological polar surface area (TPSA) is 95.0 Å². The van der Waals surface area contributed by atoms with Crippen molar-refractivity contribution in [3.63, 3.8) is 0 Å². The smallest absolute Gasteiger partial charge is 0.321 e. The summed E-state index contributed by atoms with van der Waals surface area (Å²) < 4.78 is 21.3. The largest absolute Gasteiger partial charge is 0.497 e. The van der Waals surface area contributed by atoms with Gasteiger partial charge >= 0.3 is 12.0 Å². The van der Waals surface area contributed by atoms with Gasteiger partial charge in [0.25, 0.3) is 0 Å². The molecule has 2 aromatic rings. The van der Waals surface area contributed by atoms with Gasteiger partial charge in [-0.05, 0) is 0 Å². The van der Waals surface area contributed by atoms with E-state index in [2.05, 4.69) is 15.3 Å². The average Bonchev–Trinajstić information content (AvgIpc) is 2.74. The van der Waals surface area contributed by atoms with Crippen LogP contribution in [0.5, 0.6) is 23.4 Å². The molecule has 1 saturated heterocycles. The molecule has 2 heterocycles. The molecule has 1 aliphatic heterocycles. The van der Waals surface area contributed by atoms with Crippen LogP contribution in [-0.4, -0.2) is 61.4 Å². The number of anilines is 1. The zero-order valence-electron chi connectivity index (χ0n) is 16.2.